The van der Waals surface area contributed by atoms with E-state index in [1.54, 1.807) is 25.1 Å². The van der Waals surface area contributed by atoms with Crippen molar-refractivity contribution in [3.05, 3.63) is 70.9 Å². The molecule has 4 rings (SSSR count). The van der Waals surface area contributed by atoms with Crippen LogP contribution < -0.4 is 0 Å². The van der Waals surface area contributed by atoms with Crippen LogP contribution >= 0.6 is 11.3 Å². The molecule has 3 heterocycles. The van der Waals surface area contributed by atoms with Crippen LogP contribution in [0.2, 0.25) is 0 Å². The van der Waals surface area contributed by atoms with E-state index >= 15 is 0 Å². The fourth-order valence-electron chi connectivity index (χ4n) is 2.42. The molecule has 0 aliphatic carbocycles. The van der Waals surface area contributed by atoms with E-state index in [2.05, 4.69) is 15.2 Å². The van der Waals surface area contributed by atoms with Gasteiger partial charge in [0.15, 0.2) is 5.82 Å². The van der Waals surface area contributed by atoms with Gasteiger partial charge in [-0.3, -0.25) is 0 Å². The van der Waals surface area contributed by atoms with E-state index in [0.717, 1.165) is 4.88 Å². The molecule has 0 unspecified atom stereocenters. The van der Waals surface area contributed by atoms with Crippen LogP contribution in [0.15, 0.2) is 52.4 Å². The molecule has 0 aliphatic rings. The number of aryl methyl sites for hydroxylation is 1. The number of hydrogen-bond donors (Lipinski definition) is 0. The SMILES string of the molecule is Cc1cc(COC(=O)c2nc(-c3cccs3)n(-c3ccc(F)cc3)n2)no1. The van der Waals surface area contributed by atoms with E-state index in [4.69, 9.17) is 9.26 Å². The Labute approximate surface area is 157 Å². The number of nitrogens with zero attached hydrogens (tertiary/aromatic N) is 4. The first-order valence-electron chi connectivity index (χ1n) is 7.96. The summed E-state index contributed by atoms with van der Waals surface area (Å²) in [6, 6.07) is 11.2. The molecule has 0 aliphatic heterocycles. The molecule has 0 bridgehead atoms. The monoisotopic (exact) mass is 384 g/mol. The van der Waals surface area contributed by atoms with E-state index in [1.165, 1.54) is 28.2 Å². The largest absolute Gasteiger partial charge is 0.453 e. The molecule has 0 radical (unpaired) electrons. The second-order valence-corrected chi connectivity index (χ2v) is 6.58. The lowest BCUT2D eigenvalue weighted by Gasteiger charge is -2.03. The van der Waals surface area contributed by atoms with Gasteiger partial charge in [0.2, 0.25) is 0 Å². The zero-order valence-electron chi connectivity index (χ0n) is 14.1. The maximum absolute atomic E-state index is 13.2. The standard InChI is InChI=1S/C18H13FN4O3S/c1-11-9-13(22-26-11)10-25-18(24)16-20-17(15-3-2-8-27-15)23(21-16)14-6-4-12(19)5-7-14/h2-9H,10H2,1H3. The Kier molecular flexibility index (Phi) is 4.51. The van der Waals surface area contributed by atoms with E-state index in [0.29, 0.717) is 23.0 Å². The Balaban J connectivity index is 1.64. The van der Waals surface area contributed by atoms with Gasteiger partial charge in [-0.15, -0.1) is 16.4 Å². The van der Waals surface area contributed by atoms with Crippen LogP contribution in [0.25, 0.3) is 16.4 Å². The van der Waals surface area contributed by atoms with Crippen molar-refractivity contribution >= 4 is 17.3 Å². The number of rotatable bonds is 5. The number of esters is 1. The third-order valence-electron chi connectivity index (χ3n) is 3.63. The maximum Gasteiger partial charge on any atom is 0.378 e. The Morgan fingerprint density at radius 1 is 1.30 bits per heavy atom. The fraction of sp³-hybridized carbons (Fsp3) is 0.111. The van der Waals surface area contributed by atoms with Crippen molar-refractivity contribution in [1.82, 2.24) is 19.9 Å². The minimum atomic E-state index is -0.686. The van der Waals surface area contributed by atoms with Gasteiger partial charge in [-0.1, -0.05) is 11.2 Å². The molecule has 1 aromatic carbocycles. The van der Waals surface area contributed by atoms with Crippen molar-refractivity contribution in [2.45, 2.75) is 13.5 Å². The lowest BCUT2D eigenvalue weighted by atomic mass is 10.3. The third kappa shape index (κ3) is 3.63. The van der Waals surface area contributed by atoms with Gasteiger partial charge >= 0.3 is 5.97 Å². The number of benzene rings is 1. The molecular weight excluding hydrogens is 371 g/mol. The molecule has 0 spiro atoms. The van der Waals surface area contributed by atoms with E-state index < -0.39 is 5.97 Å². The molecule has 0 N–H and O–H groups in total. The lowest BCUT2D eigenvalue weighted by Crippen LogP contribution is -2.08. The summed E-state index contributed by atoms with van der Waals surface area (Å²) in [6.07, 6.45) is 0. The van der Waals surface area contributed by atoms with Crippen LogP contribution in [0.5, 0.6) is 0 Å². The van der Waals surface area contributed by atoms with Crippen molar-refractivity contribution in [2.24, 2.45) is 0 Å². The van der Waals surface area contributed by atoms with Gasteiger partial charge in [0.05, 0.1) is 10.6 Å². The zero-order chi connectivity index (χ0) is 18.8. The number of carbonyl (C=O) groups is 1. The van der Waals surface area contributed by atoms with Gasteiger partial charge < -0.3 is 9.26 Å². The van der Waals surface area contributed by atoms with Crippen molar-refractivity contribution in [2.75, 3.05) is 0 Å². The fourth-order valence-corrected chi connectivity index (χ4v) is 3.11. The Morgan fingerprint density at radius 3 is 2.78 bits per heavy atom. The van der Waals surface area contributed by atoms with Crippen LogP contribution in [0, 0.1) is 12.7 Å². The normalized spacial score (nSPS) is 10.9. The summed E-state index contributed by atoms with van der Waals surface area (Å²) in [5, 5.41) is 9.92. The van der Waals surface area contributed by atoms with Crippen molar-refractivity contribution in [1.29, 1.82) is 0 Å². The molecule has 0 amide bonds. The first-order valence-corrected chi connectivity index (χ1v) is 8.84. The molecule has 0 saturated heterocycles. The van der Waals surface area contributed by atoms with Gasteiger partial charge in [-0.2, -0.15) is 4.98 Å². The molecule has 27 heavy (non-hydrogen) atoms. The number of hydrogen-bond acceptors (Lipinski definition) is 7. The Bertz CT molecular complexity index is 1070. The molecule has 0 fully saturated rings. The Hall–Kier alpha value is -3.33. The van der Waals surface area contributed by atoms with Gasteiger partial charge in [-0.25, -0.2) is 13.9 Å². The van der Waals surface area contributed by atoms with Crippen LogP contribution in [0.3, 0.4) is 0 Å². The van der Waals surface area contributed by atoms with Crippen LogP contribution in [0.1, 0.15) is 22.1 Å². The van der Waals surface area contributed by atoms with E-state index in [-0.39, 0.29) is 18.2 Å². The molecule has 7 nitrogen and oxygen atoms in total. The van der Waals surface area contributed by atoms with E-state index in [9.17, 15) is 9.18 Å². The average Bonchev–Trinajstić information content (AvgIpc) is 3.40. The van der Waals surface area contributed by atoms with Crippen LogP contribution in [-0.4, -0.2) is 25.9 Å². The number of halogens is 1. The summed E-state index contributed by atoms with van der Waals surface area (Å²) < 4.78 is 24.9. The highest BCUT2D eigenvalue weighted by molar-refractivity contribution is 7.13. The first-order chi connectivity index (χ1) is 13.1. The molecule has 0 saturated carbocycles. The number of carbonyl (C=O) groups excluding carboxylic acids is 1. The van der Waals surface area contributed by atoms with Crippen molar-refractivity contribution in [3.8, 4) is 16.4 Å². The molecule has 0 atom stereocenters. The molecule has 4 aromatic rings. The maximum atomic E-state index is 13.2. The third-order valence-corrected chi connectivity index (χ3v) is 4.50. The minimum absolute atomic E-state index is 0.0460. The highest BCUT2D eigenvalue weighted by Gasteiger charge is 2.21. The summed E-state index contributed by atoms with van der Waals surface area (Å²) in [7, 11) is 0. The van der Waals surface area contributed by atoms with Gasteiger partial charge in [0, 0.05) is 6.07 Å². The zero-order valence-corrected chi connectivity index (χ0v) is 14.9. The Morgan fingerprint density at radius 2 is 2.11 bits per heavy atom. The number of ether oxygens (including phenoxy) is 1. The quantitative estimate of drug-likeness (QED) is 0.487. The molecule has 9 heteroatoms. The summed E-state index contributed by atoms with van der Waals surface area (Å²) in [4.78, 5) is 17.5. The lowest BCUT2D eigenvalue weighted by molar-refractivity contribution is 0.0450. The second kappa shape index (κ2) is 7.12. The predicted molar refractivity (Wildman–Crippen MR) is 95.0 cm³/mol. The van der Waals surface area contributed by atoms with Crippen LogP contribution in [0.4, 0.5) is 4.39 Å². The summed E-state index contributed by atoms with van der Waals surface area (Å²) >= 11 is 1.45. The smallest absolute Gasteiger partial charge is 0.378 e. The average molecular weight is 384 g/mol. The minimum Gasteiger partial charge on any atom is -0.453 e. The van der Waals surface area contributed by atoms with E-state index in [1.807, 2.05) is 17.5 Å². The first kappa shape index (κ1) is 17.1. The molecule has 3 aromatic heterocycles. The topological polar surface area (TPSA) is 83.0 Å². The summed E-state index contributed by atoms with van der Waals surface area (Å²) in [5.41, 5.74) is 1.08. The van der Waals surface area contributed by atoms with Crippen molar-refractivity contribution in [3.63, 3.8) is 0 Å². The predicted octanol–water partition coefficient (Wildman–Crippen LogP) is 3.79. The number of thiophene rings is 1. The van der Waals surface area contributed by atoms with Crippen molar-refractivity contribution < 1.29 is 18.4 Å². The highest BCUT2D eigenvalue weighted by Crippen LogP contribution is 2.26. The summed E-state index contributed by atoms with van der Waals surface area (Å²) in [5.74, 6) is -0.0445. The summed E-state index contributed by atoms with van der Waals surface area (Å²) in [6.45, 7) is 1.70. The second-order valence-electron chi connectivity index (χ2n) is 5.63. The molecule has 136 valence electrons. The molecular formula is C18H13FN4O3S. The van der Waals surface area contributed by atoms with Gasteiger partial charge in [-0.05, 0) is 42.6 Å². The van der Waals surface area contributed by atoms with Gasteiger partial charge in [0.1, 0.15) is 23.9 Å². The highest BCUT2D eigenvalue weighted by atomic mass is 32.1. The van der Waals surface area contributed by atoms with Crippen LogP contribution in [-0.2, 0) is 11.3 Å². The van der Waals surface area contributed by atoms with Gasteiger partial charge in [0.25, 0.3) is 5.82 Å². The number of aromatic nitrogens is 4.